The maximum absolute atomic E-state index is 11.4. The van der Waals surface area contributed by atoms with Crippen molar-refractivity contribution in [1.82, 2.24) is 10.6 Å². The van der Waals surface area contributed by atoms with E-state index in [-0.39, 0.29) is 17.8 Å². The molecule has 0 amide bonds. The Balaban J connectivity index is 1.75. The number of aliphatic hydroxyl groups is 1. The fourth-order valence-corrected chi connectivity index (χ4v) is 2.09. The number of carbonyl (C=O) groups excluding carboxylic acids is 1. The van der Waals surface area contributed by atoms with Crippen LogP contribution >= 0.6 is 0 Å². The molecule has 0 radical (unpaired) electrons. The number of β-amino-alcohol motifs (C(OH)–C–C–N with tert-alkyl or cyclic N) is 1. The Morgan fingerprint density at radius 1 is 1.58 bits per heavy atom. The minimum atomic E-state index is -0.441. The molecule has 2 rings (SSSR count). The zero-order valence-corrected chi connectivity index (χ0v) is 11.0. The summed E-state index contributed by atoms with van der Waals surface area (Å²) in [5.41, 5.74) is 0. The normalized spacial score (nSPS) is 22.6. The molecule has 0 saturated carbocycles. The van der Waals surface area contributed by atoms with Crippen molar-refractivity contribution in [3.63, 3.8) is 0 Å². The SMILES string of the molecule is CCOC(=O)c1ccc(CNCC2CNCC2O)o1. The van der Waals surface area contributed by atoms with Gasteiger partial charge in [-0.3, -0.25) is 0 Å². The van der Waals surface area contributed by atoms with Gasteiger partial charge in [0.1, 0.15) is 5.76 Å². The molecule has 1 aliphatic heterocycles. The van der Waals surface area contributed by atoms with Crippen LogP contribution in [0.1, 0.15) is 23.2 Å². The quantitative estimate of drug-likeness (QED) is 0.636. The largest absolute Gasteiger partial charge is 0.460 e. The van der Waals surface area contributed by atoms with Gasteiger partial charge in [0.15, 0.2) is 0 Å². The van der Waals surface area contributed by atoms with Gasteiger partial charge in [-0.2, -0.15) is 0 Å². The summed E-state index contributed by atoms with van der Waals surface area (Å²) in [6, 6.07) is 3.36. The molecule has 2 atom stereocenters. The molecule has 1 saturated heterocycles. The van der Waals surface area contributed by atoms with Crippen LogP contribution < -0.4 is 10.6 Å². The number of carbonyl (C=O) groups is 1. The summed E-state index contributed by atoms with van der Waals surface area (Å²) in [5, 5.41) is 16.0. The summed E-state index contributed by atoms with van der Waals surface area (Å²) in [7, 11) is 0. The highest BCUT2D eigenvalue weighted by Crippen LogP contribution is 2.10. The van der Waals surface area contributed by atoms with E-state index in [4.69, 9.17) is 9.15 Å². The lowest BCUT2D eigenvalue weighted by molar-refractivity contribution is 0.0488. The third-order valence-corrected chi connectivity index (χ3v) is 3.15. The van der Waals surface area contributed by atoms with Crippen LogP contribution in [0.15, 0.2) is 16.5 Å². The van der Waals surface area contributed by atoms with Crippen molar-refractivity contribution in [3.05, 3.63) is 23.7 Å². The highest BCUT2D eigenvalue weighted by molar-refractivity contribution is 5.86. The van der Waals surface area contributed by atoms with Gasteiger partial charge in [0.2, 0.25) is 5.76 Å². The third kappa shape index (κ3) is 3.79. The fourth-order valence-electron chi connectivity index (χ4n) is 2.09. The van der Waals surface area contributed by atoms with Gasteiger partial charge in [-0.25, -0.2) is 4.79 Å². The number of esters is 1. The van der Waals surface area contributed by atoms with Crippen LogP contribution in [-0.4, -0.2) is 43.4 Å². The Bertz CT molecular complexity index is 419. The van der Waals surface area contributed by atoms with Gasteiger partial charge in [-0.05, 0) is 19.1 Å². The minimum absolute atomic E-state index is 0.222. The average molecular weight is 268 g/mol. The minimum Gasteiger partial charge on any atom is -0.460 e. The Morgan fingerprint density at radius 2 is 2.42 bits per heavy atom. The van der Waals surface area contributed by atoms with Crippen LogP contribution in [0.4, 0.5) is 0 Å². The van der Waals surface area contributed by atoms with Crippen LogP contribution in [0.5, 0.6) is 0 Å². The second-order valence-electron chi connectivity index (χ2n) is 4.60. The molecule has 1 aromatic rings. The topological polar surface area (TPSA) is 83.7 Å². The summed E-state index contributed by atoms with van der Waals surface area (Å²) in [5.74, 6) is 0.688. The van der Waals surface area contributed by atoms with Crippen molar-refractivity contribution in [2.45, 2.75) is 19.6 Å². The fraction of sp³-hybridized carbons (Fsp3) is 0.615. The van der Waals surface area contributed by atoms with Gasteiger partial charge >= 0.3 is 5.97 Å². The smallest absolute Gasteiger partial charge is 0.374 e. The maximum atomic E-state index is 11.4. The highest BCUT2D eigenvalue weighted by atomic mass is 16.5. The zero-order valence-electron chi connectivity index (χ0n) is 11.0. The van der Waals surface area contributed by atoms with E-state index in [0.29, 0.717) is 32.0 Å². The van der Waals surface area contributed by atoms with E-state index in [1.165, 1.54) is 0 Å². The standard InChI is InChI=1S/C13H20N2O4/c1-2-18-13(17)12-4-3-10(19-12)7-14-5-9-6-15-8-11(9)16/h3-4,9,11,14-16H,2,5-8H2,1H3. The molecule has 0 bridgehead atoms. The Hall–Kier alpha value is -1.37. The summed E-state index contributed by atoms with van der Waals surface area (Å²) >= 11 is 0. The predicted molar refractivity (Wildman–Crippen MR) is 68.7 cm³/mol. The number of aliphatic hydroxyl groups excluding tert-OH is 1. The van der Waals surface area contributed by atoms with Crippen LogP contribution in [0.3, 0.4) is 0 Å². The van der Waals surface area contributed by atoms with E-state index in [1.807, 2.05) is 0 Å². The number of hydrogen-bond donors (Lipinski definition) is 3. The molecule has 2 unspecified atom stereocenters. The average Bonchev–Trinajstić information content (AvgIpc) is 3.00. The van der Waals surface area contributed by atoms with Crippen LogP contribution in [0.25, 0.3) is 0 Å². The van der Waals surface area contributed by atoms with E-state index in [1.54, 1.807) is 19.1 Å². The van der Waals surface area contributed by atoms with Crippen molar-refractivity contribution < 1.29 is 19.1 Å². The van der Waals surface area contributed by atoms with E-state index >= 15 is 0 Å². The first-order valence-corrected chi connectivity index (χ1v) is 6.56. The second-order valence-corrected chi connectivity index (χ2v) is 4.60. The first-order chi connectivity index (χ1) is 9.20. The Morgan fingerprint density at radius 3 is 3.11 bits per heavy atom. The molecule has 0 aromatic carbocycles. The van der Waals surface area contributed by atoms with Crippen molar-refractivity contribution >= 4 is 5.97 Å². The first kappa shape index (κ1) is 14.0. The third-order valence-electron chi connectivity index (χ3n) is 3.15. The van der Waals surface area contributed by atoms with E-state index < -0.39 is 5.97 Å². The van der Waals surface area contributed by atoms with Gasteiger partial charge in [-0.1, -0.05) is 0 Å². The lowest BCUT2D eigenvalue weighted by Gasteiger charge is -2.13. The summed E-state index contributed by atoms with van der Waals surface area (Å²) in [4.78, 5) is 11.4. The molecule has 6 heteroatoms. The number of nitrogens with one attached hydrogen (secondary N) is 2. The van der Waals surface area contributed by atoms with Gasteiger partial charge < -0.3 is 24.9 Å². The molecular weight excluding hydrogens is 248 g/mol. The summed E-state index contributed by atoms with van der Waals surface area (Å²) in [6.45, 7) is 4.80. The lowest BCUT2D eigenvalue weighted by atomic mass is 10.1. The second kappa shape index (κ2) is 6.70. The monoisotopic (exact) mass is 268 g/mol. The molecule has 106 valence electrons. The maximum Gasteiger partial charge on any atom is 0.374 e. The zero-order chi connectivity index (χ0) is 13.7. The molecular formula is C13H20N2O4. The predicted octanol–water partition coefficient (Wildman–Crippen LogP) is 0.126. The molecule has 2 heterocycles. The van der Waals surface area contributed by atoms with Crippen LogP contribution in [-0.2, 0) is 11.3 Å². The van der Waals surface area contributed by atoms with Crippen LogP contribution in [0.2, 0.25) is 0 Å². The number of rotatable bonds is 6. The molecule has 0 spiro atoms. The number of hydrogen-bond acceptors (Lipinski definition) is 6. The Labute approximate surface area is 112 Å². The van der Waals surface area contributed by atoms with Gasteiger partial charge in [0, 0.05) is 25.6 Å². The first-order valence-electron chi connectivity index (χ1n) is 6.56. The molecule has 1 aromatic heterocycles. The van der Waals surface area contributed by atoms with Gasteiger partial charge in [0.05, 0.1) is 19.3 Å². The van der Waals surface area contributed by atoms with Crippen molar-refractivity contribution in [1.29, 1.82) is 0 Å². The molecule has 3 N–H and O–H groups in total. The van der Waals surface area contributed by atoms with Gasteiger partial charge in [0.25, 0.3) is 0 Å². The van der Waals surface area contributed by atoms with Crippen molar-refractivity contribution in [2.24, 2.45) is 5.92 Å². The Kier molecular flexibility index (Phi) is 4.95. The van der Waals surface area contributed by atoms with E-state index in [0.717, 1.165) is 6.54 Å². The molecule has 1 fully saturated rings. The van der Waals surface area contributed by atoms with Gasteiger partial charge in [-0.15, -0.1) is 0 Å². The lowest BCUT2D eigenvalue weighted by Crippen LogP contribution is -2.30. The van der Waals surface area contributed by atoms with E-state index in [2.05, 4.69) is 10.6 Å². The molecule has 6 nitrogen and oxygen atoms in total. The summed E-state index contributed by atoms with van der Waals surface area (Å²) in [6.07, 6.45) is -0.292. The van der Waals surface area contributed by atoms with Crippen molar-refractivity contribution in [2.75, 3.05) is 26.2 Å². The highest BCUT2D eigenvalue weighted by Gasteiger charge is 2.24. The number of ether oxygens (including phenoxy) is 1. The molecule has 0 aliphatic carbocycles. The van der Waals surface area contributed by atoms with Crippen LogP contribution in [0, 0.1) is 5.92 Å². The molecule has 1 aliphatic rings. The summed E-state index contributed by atoms with van der Waals surface area (Å²) < 4.78 is 10.2. The number of furan rings is 1. The van der Waals surface area contributed by atoms with E-state index in [9.17, 15) is 9.90 Å². The molecule has 19 heavy (non-hydrogen) atoms. The van der Waals surface area contributed by atoms with Crippen molar-refractivity contribution in [3.8, 4) is 0 Å².